The Labute approximate surface area is 158 Å². The number of ether oxygens (including phenoxy) is 1. The quantitative estimate of drug-likeness (QED) is 0.586. The predicted octanol–water partition coefficient (Wildman–Crippen LogP) is 1.42. The summed E-state index contributed by atoms with van der Waals surface area (Å²) in [5, 5.41) is 5.12. The van der Waals surface area contributed by atoms with Gasteiger partial charge in [0.05, 0.1) is 12.8 Å². The number of unbranched alkanes of at least 4 members (excludes halogenated alkanes) is 2. The Bertz CT molecular complexity index is 654. The van der Waals surface area contributed by atoms with Crippen molar-refractivity contribution in [1.82, 2.24) is 10.6 Å². The number of nitrogens with two attached hydrogens (primary N) is 1. The first kappa shape index (κ1) is 21.7. The van der Waals surface area contributed by atoms with E-state index < -0.39 is 6.03 Å². The Hall–Kier alpha value is -2.32. The molecule has 1 aromatic rings. The van der Waals surface area contributed by atoms with E-state index in [4.69, 9.17) is 10.5 Å². The highest BCUT2D eigenvalue weighted by Crippen LogP contribution is 2.30. The van der Waals surface area contributed by atoms with Crippen LogP contribution in [0.4, 0.5) is 10.5 Å². The number of amides is 4. The van der Waals surface area contributed by atoms with Gasteiger partial charge in [0.1, 0.15) is 5.75 Å². The molecule has 1 aliphatic heterocycles. The van der Waals surface area contributed by atoms with Crippen LogP contribution in [0.15, 0.2) is 18.2 Å². The van der Waals surface area contributed by atoms with Crippen molar-refractivity contribution in [2.24, 2.45) is 5.73 Å². The summed E-state index contributed by atoms with van der Waals surface area (Å²) in [5.41, 5.74) is 6.41. The van der Waals surface area contributed by atoms with E-state index in [1.807, 2.05) is 0 Å². The Morgan fingerprint density at radius 3 is 2.73 bits per heavy atom. The summed E-state index contributed by atoms with van der Waals surface area (Å²) in [4.78, 5) is 36.9. The second-order valence-corrected chi connectivity index (χ2v) is 5.75. The first-order chi connectivity index (χ1) is 12.1. The molecule has 0 aromatic heterocycles. The lowest BCUT2D eigenvalue weighted by molar-refractivity contribution is -0.120. The van der Waals surface area contributed by atoms with Gasteiger partial charge in [-0.15, -0.1) is 12.4 Å². The van der Waals surface area contributed by atoms with Gasteiger partial charge >= 0.3 is 6.03 Å². The van der Waals surface area contributed by atoms with E-state index in [1.165, 1.54) is 12.0 Å². The lowest BCUT2D eigenvalue weighted by atomic mass is 10.1. The summed E-state index contributed by atoms with van der Waals surface area (Å²) < 4.78 is 5.32. The first-order valence-corrected chi connectivity index (χ1v) is 8.34. The zero-order valence-electron chi connectivity index (χ0n) is 14.7. The van der Waals surface area contributed by atoms with Gasteiger partial charge in [0.25, 0.3) is 5.91 Å². The number of hydrogen-bond acceptors (Lipinski definition) is 5. The molecule has 0 atom stereocenters. The van der Waals surface area contributed by atoms with Crippen LogP contribution < -0.4 is 26.0 Å². The SMILES string of the molecule is COc1cc(C(=O)NCCCCCN)ccc1N1CCC(=O)NC1=O.Cl. The molecule has 8 nitrogen and oxygen atoms in total. The van der Waals surface area contributed by atoms with E-state index in [2.05, 4.69) is 10.6 Å². The van der Waals surface area contributed by atoms with Crippen LogP contribution in [0, 0.1) is 0 Å². The fourth-order valence-corrected chi connectivity index (χ4v) is 2.59. The zero-order chi connectivity index (χ0) is 18.2. The molecular weight excluding hydrogens is 360 g/mol. The third-order valence-corrected chi connectivity index (χ3v) is 3.95. The van der Waals surface area contributed by atoms with Crippen LogP contribution >= 0.6 is 12.4 Å². The molecule has 2 rings (SSSR count). The first-order valence-electron chi connectivity index (χ1n) is 8.34. The third-order valence-electron chi connectivity index (χ3n) is 3.95. The van der Waals surface area contributed by atoms with E-state index in [-0.39, 0.29) is 37.2 Å². The molecule has 144 valence electrons. The normalized spacial score (nSPS) is 13.7. The van der Waals surface area contributed by atoms with E-state index >= 15 is 0 Å². The summed E-state index contributed by atoms with van der Waals surface area (Å²) in [6.45, 7) is 1.51. The number of rotatable bonds is 8. The van der Waals surface area contributed by atoms with E-state index in [1.54, 1.807) is 18.2 Å². The molecule has 0 saturated carbocycles. The highest BCUT2D eigenvalue weighted by molar-refractivity contribution is 6.06. The standard InChI is InChI=1S/C17H24N4O4.ClH/c1-25-14-11-12(16(23)19-9-4-2-3-8-18)5-6-13(14)21-10-7-15(22)20-17(21)24;/h5-6,11H,2-4,7-10,18H2,1H3,(H,19,23)(H,20,22,24);1H. The number of benzene rings is 1. The maximum Gasteiger partial charge on any atom is 0.328 e. The number of carbonyl (C=O) groups is 3. The summed E-state index contributed by atoms with van der Waals surface area (Å²) in [7, 11) is 1.47. The Morgan fingerprint density at radius 1 is 1.31 bits per heavy atom. The smallest absolute Gasteiger partial charge is 0.328 e. The highest BCUT2D eigenvalue weighted by atomic mass is 35.5. The van der Waals surface area contributed by atoms with Gasteiger partial charge in [-0.1, -0.05) is 6.42 Å². The maximum atomic E-state index is 12.2. The zero-order valence-corrected chi connectivity index (χ0v) is 15.6. The molecule has 9 heteroatoms. The average molecular weight is 385 g/mol. The van der Waals surface area contributed by atoms with Crippen LogP contribution in [0.2, 0.25) is 0 Å². The molecule has 0 radical (unpaired) electrons. The molecule has 1 aromatic carbocycles. The predicted molar refractivity (Wildman–Crippen MR) is 101 cm³/mol. The molecule has 0 bridgehead atoms. The number of anilines is 1. The van der Waals surface area contributed by atoms with Gasteiger partial charge in [0.15, 0.2) is 0 Å². The van der Waals surface area contributed by atoms with Gasteiger partial charge in [-0.25, -0.2) is 4.79 Å². The Balaban J connectivity index is 0.00000338. The van der Waals surface area contributed by atoms with Crippen LogP contribution in [0.1, 0.15) is 36.0 Å². The Kier molecular flexibility index (Phi) is 8.87. The van der Waals surface area contributed by atoms with E-state index in [9.17, 15) is 14.4 Å². The molecule has 4 N–H and O–H groups in total. The number of nitrogens with zero attached hydrogens (tertiary/aromatic N) is 1. The van der Waals surface area contributed by atoms with Crippen molar-refractivity contribution in [2.45, 2.75) is 25.7 Å². The number of hydrogen-bond donors (Lipinski definition) is 3. The second-order valence-electron chi connectivity index (χ2n) is 5.75. The van der Waals surface area contributed by atoms with Crippen LogP contribution in [-0.2, 0) is 4.79 Å². The molecule has 1 aliphatic rings. The fourth-order valence-electron chi connectivity index (χ4n) is 2.59. The highest BCUT2D eigenvalue weighted by Gasteiger charge is 2.26. The van der Waals surface area contributed by atoms with Crippen LogP contribution in [0.25, 0.3) is 0 Å². The minimum atomic E-state index is -0.494. The van der Waals surface area contributed by atoms with Gasteiger partial charge < -0.3 is 15.8 Å². The van der Waals surface area contributed by atoms with Crippen molar-refractivity contribution < 1.29 is 19.1 Å². The molecule has 1 fully saturated rings. The number of nitrogens with one attached hydrogen (secondary N) is 2. The van der Waals surface area contributed by atoms with Crippen molar-refractivity contribution in [3.8, 4) is 5.75 Å². The maximum absolute atomic E-state index is 12.2. The number of carbonyl (C=O) groups excluding carboxylic acids is 3. The summed E-state index contributed by atoms with van der Waals surface area (Å²) >= 11 is 0. The molecule has 1 saturated heterocycles. The minimum absolute atomic E-state index is 0. The fraction of sp³-hybridized carbons (Fsp3) is 0.471. The summed E-state index contributed by atoms with van der Waals surface area (Å²) in [6.07, 6.45) is 3.01. The second kappa shape index (κ2) is 10.6. The molecule has 4 amide bonds. The van der Waals surface area contributed by atoms with Gasteiger partial charge in [0.2, 0.25) is 5.91 Å². The molecule has 0 unspecified atom stereocenters. The van der Waals surface area contributed by atoms with Gasteiger partial charge in [0, 0.05) is 25.1 Å². The van der Waals surface area contributed by atoms with Crippen LogP contribution in [0.5, 0.6) is 5.75 Å². The minimum Gasteiger partial charge on any atom is -0.495 e. The number of imide groups is 1. The lowest BCUT2D eigenvalue weighted by Gasteiger charge is -2.28. The third kappa shape index (κ3) is 5.60. The van der Waals surface area contributed by atoms with Crippen molar-refractivity contribution in [2.75, 3.05) is 31.6 Å². The number of urea groups is 1. The van der Waals surface area contributed by atoms with Crippen molar-refractivity contribution >= 4 is 35.9 Å². The molecule has 1 heterocycles. The van der Waals surface area contributed by atoms with Crippen molar-refractivity contribution in [3.63, 3.8) is 0 Å². The molecular formula is C17H25ClN4O4. The van der Waals surface area contributed by atoms with E-state index in [0.717, 1.165) is 19.3 Å². The molecule has 0 aliphatic carbocycles. The Morgan fingerprint density at radius 2 is 2.08 bits per heavy atom. The molecule has 0 spiro atoms. The van der Waals surface area contributed by atoms with Gasteiger partial charge in [-0.2, -0.15) is 0 Å². The number of halogens is 1. The van der Waals surface area contributed by atoms with Crippen molar-refractivity contribution in [3.05, 3.63) is 23.8 Å². The number of methoxy groups -OCH3 is 1. The van der Waals surface area contributed by atoms with Crippen LogP contribution in [-0.4, -0.2) is 44.6 Å². The summed E-state index contributed by atoms with van der Waals surface area (Å²) in [5.74, 6) is -0.0954. The largest absolute Gasteiger partial charge is 0.495 e. The van der Waals surface area contributed by atoms with Gasteiger partial charge in [-0.3, -0.25) is 19.8 Å². The van der Waals surface area contributed by atoms with E-state index in [0.29, 0.717) is 30.1 Å². The van der Waals surface area contributed by atoms with Crippen LogP contribution in [0.3, 0.4) is 0 Å². The monoisotopic (exact) mass is 384 g/mol. The van der Waals surface area contributed by atoms with Gasteiger partial charge in [-0.05, 0) is 37.6 Å². The molecule has 26 heavy (non-hydrogen) atoms. The topological polar surface area (TPSA) is 114 Å². The average Bonchev–Trinajstić information content (AvgIpc) is 2.61. The van der Waals surface area contributed by atoms with Crippen molar-refractivity contribution in [1.29, 1.82) is 0 Å². The summed E-state index contributed by atoms with van der Waals surface area (Å²) in [6, 6.07) is 4.38. The lowest BCUT2D eigenvalue weighted by Crippen LogP contribution is -2.49.